The molecule has 2 rings (SSSR count). The van der Waals surface area contributed by atoms with Crippen LogP contribution in [0.25, 0.3) is 0 Å². The second-order valence-corrected chi connectivity index (χ2v) is 6.74. The fourth-order valence-corrected chi connectivity index (χ4v) is 3.79. The molecule has 2 aromatic carbocycles. The average molecular weight is 411 g/mol. The van der Waals surface area contributed by atoms with Crippen molar-refractivity contribution in [3.63, 3.8) is 0 Å². The van der Waals surface area contributed by atoms with Crippen molar-refractivity contribution in [1.82, 2.24) is 0 Å². The van der Waals surface area contributed by atoms with Gasteiger partial charge in [-0.25, -0.2) is 4.39 Å². The first-order valence-electron chi connectivity index (χ1n) is 6.33. The average Bonchev–Trinajstić information content (AvgIpc) is 2.49. The van der Waals surface area contributed by atoms with Crippen LogP contribution in [0.3, 0.4) is 0 Å². The Morgan fingerprint density at radius 3 is 2.33 bits per heavy atom. The van der Waals surface area contributed by atoms with Crippen molar-refractivity contribution in [1.29, 1.82) is 0 Å². The lowest BCUT2D eigenvalue weighted by Crippen LogP contribution is -2.34. The number of benzene rings is 2. The molecule has 0 nitrogen and oxygen atoms in total. The summed E-state index contributed by atoms with van der Waals surface area (Å²) < 4.78 is 14.3. The lowest BCUT2D eigenvalue weighted by Gasteiger charge is -2.31. The zero-order valence-electron chi connectivity index (χ0n) is 11.1. The number of alkyl halides is 2. The van der Waals surface area contributed by atoms with Gasteiger partial charge in [0.2, 0.25) is 0 Å². The molecule has 0 aromatic heterocycles. The monoisotopic (exact) mass is 408 g/mol. The van der Waals surface area contributed by atoms with Crippen LogP contribution in [0.4, 0.5) is 4.39 Å². The van der Waals surface area contributed by atoms with Crippen LogP contribution in [0.15, 0.2) is 46.9 Å². The molecule has 0 saturated heterocycles. The highest BCUT2D eigenvalue weighted by molar-refractivity contribution is 9.10. The van der Waals surface area contributed by atoms with Crippen LogP contribution in [-0.4, -0.2) is 11.8 Å². The second kappa shape index (κ2) is 7.32. The molecule has 0 atom stereocenters. The second-order valence-electron chi connectivity index (χ2n) is 4.94. The number of hydrogen-bond donors (Lipinski definition) is 0. The van der Waals surface area contributed by atoms with Gasteiger partial charge >= 0.3 is 0 Å². The predicted octanol–water partition coefficient (Wildman–Crippen LogP) is 6.20. The molecule has 5 heteroatoms. The molecule has 0 N–H and O–H groups in total. The highest BCUT2D eigenvalue weighted by atomic mass is 79.9. The molecule has 0 fully saturated rings. The van der Waals surface area contributed by atoms with Crippen LogP contribution in [0.2, 0.25) is 5.02 Å². The fraction of sp³-hybridized carbons (Fsp3) is 0.250. The maximum absolute atomic E-state index is 13.5. The van der Waals surface area contributed by atoms with Crippen LogP contribution >= 0.6 is 50.7 Å². The molecule has 0 aliphatic heterocycles. The normalized spacial score (nSPS) is 11.7. The summed E-state index contributed by atoms with van der Waals surface area (Å²) >= 11 is 22.2. The molecule has 0 heterocycles. The predicted molar refractivity (Wildman–Crippen MR) is 92.4 cm³/mol. The first-order chi connectivity index (χ1) is 10.0. The van der Waals surface area contributed by atoms with E-state index < -0.39 is 5.41 Å². The van der Waals surface area contributed by atoms with Crippen LogP contribution < -0.4 is 0 Å². The number of rotatable bonds is 5. The molecule has 21 heavy (non-hydrogen) atoms. The van der Waals surface area contributed by atoms with E-state index in [0.717, 1.165) is 15.6 Å². The summed E-state index contributed by atoms with van der Waals surface area (Å²) in [7, 11) is 0. The van der Waals surface area contributed by atoms with Gasteiger partial charge in [0.1, 0.15) is 5.82 Å². The van der Waals surface area contributed by atoms with Gasteiger partial charge in [-0.05, 0) is 41.8 Å². The van der Waals surface area contributed by atoms with Crippen molar-refractivity contribution in [2.24, 2.45) is 0 Å². The van der Waals surface area contributed by atoms with Crippen molar-refractivity contribution < 1.29 is 4.39 Å². The highest BCUT2D eigenvalue weighted by Gasteiger charge is 2.33. The van der Waals surface area contributed by atoms with Gasteiger partial charge in [0.15, 0.2) is 0 Å². The molecule has 0 bridgehead atoms. The summed E-state index contributed by atoms with van der Waals surface area (Å²) in [6, 6.07) is 12.1. The van der Waals surface area contributed by atoms with E-state index in [0.29, 0.717) is 23.2 Å². The summed E-state index contributed by atoms with van der Waals surface area (Å²) in [6.45, 7) is 0. The quantitative estimate of drug-likeness (QED) is 0.515. The van der Waals surface area contributed by atoms with Crippen molar-refractivity contribution in [2.75, 3.05) is 11.8 Å². The third-order valence-corrected chi connectivity index (χ3v) is 5.62. The third kappa shape index (κ3) is 3.73. The standard InChI is InChI=1S/C16H13BrCl3F/c17-14-6-5-12(21)7-11(14)8-16(9-18,10-19)13-3-1-2-4-15(13)20/h1-7H,8-10H2. The lowest BCUT2D eigenvalue weighted by atomic mass is 9.78. The molecule has 0 aliphatic rings. The third-order valence-electron chi connectivity index (χ3n) is 3.49. The van der Waals surface area contributed by atoms with Crippen molar-refractivity contribution in [2.45, 2.75) is 11.8 Å². The van der Waals surface area contributed by atoms with Gasteiger partial charge < -0.3 is 0 Å². The minimum Gasteiger partial charge on any atom is -0.207 e. The van der Waals surface area contributed by atoms with E-state index >= 15 is 0 Å². The molecule has 2 aromatic rings. The Morgan fingerprint density at radius 2 is 1.71 bits per heavy atom. The number of hydrogen-bond acceptors (Lipinski definition) is 0. The minimum atomic E-state index is -0.544. The smallest absolute Gasteiger partial charge is 0.123 e. The molecule has 0 saturated carbocycles. The summed E-state index contributed by atoms with van der Waals surface area (Å²) in [4.78, 5) is 0. The first kappa shape index (κ1) is 17.1. The van der Waals surface area contributed by atoms with Crippen LogP contribution in [0.1, 0.15) is 11.1 Å². The Bertz CT molecular complexity index is 627. The Labute approximate surface area is 147 Å². The molecule has 0 aliphatic carbocycles. The van der Waals surface area contributed by atoms with Gasteiger partial charge in [-0.1, -0.05) is 45.7 Å². The van der Waals surface area contributed by atoms with Crippen LogP contribution in [0.5, 0.6) is 0 Å². The largest absolute Gasteiger partial charge is 0.207 e. The number of halogens is 5. The maximum Gasteiger partial charge on any atom is 0.123 e. The zero-order valence-corrected chi connectivity index (χ0v) is 14.9. The highest BCUT2D eigenvalue weighted by Crippen LogP contribution is 2.37. The van der Waals surface area contributed by atoms with Gasteiger partial charge in [-0.2, -0.15) is 0 Å². The summed E-state index contributed by atoms with van der Waals surface area (Å²) in [6.07, 6.45) is 0.502. The van der Waals surface area contributed by atoms with Crippen LogP contribution in [-0.2, 0) is 11.8 Å². The van der Waals surface area contributed by atoms with E-state index in [1.165, 1.54) is 12.1 Å². The lowest BCUT2D eigenvalue weighted by molar-refractivity contribution is 0.532. The maximum atomic E-state index is 13.5. The Balaban J connectivity index is 2.48. The van der Waals surface area contributed by atoms with Gasteiger partial charge in [0, 0.05) is 26.7 Å². The van der Waals surface area contributed by atoms with Crippen molar-refractivity contribution in [3.05, 3.63) is 68.9 Å². The van der Waals surface area contributed by atoms with Crippen molar-refractivity contribution >= 4 is 50.7 Å². The summed E-state index contributed by atoms with van der Waals surface area (Å²) in [5, 5.41) is 0.617. The topological polar surface area (TPSA) is 0 Å². The van der Waals surface area contributed by atoms with E-state index in [-0.39, 0.29) is 5.82 Å². The molecular weight excluding hydrogens is 397 g/mol. The van der Waals surface area contributed by atoms with Gasteiger partial charge in [-0.3, -0.25) is 0 Å². The van der Waals surface area contributed by atoms with E-state index in [1.54, 1.807) is 6.07 Å². The zero-order chi connectivity index (χ0) is 15.5. The van der Waals surface area contributed by atoms with Gasteiger partial charge in [0.25, 0.3) is 0 Å². The molecule has 0 spiro atoms. The van der Waals surface area contributed by atoms with Crippen LogP contribution in [0, 0.1) is 5.82 Å². The van der Waals surface area contributed by atoms with Crippen molar-refractivity contribution in [3.8, 4) is 0 Å². The molecule has 112 valence electrons. The fourth-order valence-electron chi connectivity index (χ4n) is 2.30. The van der Waals surface area contributed by atoms with E-state index in [2.05, 4.69) is 15.9 Å². The molecule has 0 amide bonds. The van der Waals surface area contributed by atoms with E-state index in [9.17, 15) is 4.39 Å². The molecule has 0 radical (unpaired) electrons. The Kier molecular flexibility index (Phi) is 5.96. The summed E-state index contributed by atoms with van der Waals surface area (Å²) in [5.74, 6) is 0.303. The SMILES string of the molecule is Fc1ccc(Br)c(CC(CCl)(CCl)c2ccccc2Cl)c1. The Hall–Kier alpha value is -0.280. The first-order valence-corrected chi connectivity index (χ1v) is 8.57. The molecular formula is C16H13BrCl3F. The van der Waals surface area contributed by atoms with E-state index in [1.807, 2.05) is 24.3 Å². The summed E-state index contributed by atoms with van der Waals surface area (Å²) in [5.41, 5.74) is 1.15. The van der Waals surface area contributed by atoms with E-state index in [4.69, 9.17) is 34.8 Å². The minimum absolute atomic E-state index is 0.287. The molecule has 0 unspecified atom stereocenters. The Morgan fingerprint density at radius 1 is 1.05 bits per heavy atom. The van der Waals surface area contributed by atoms with Gasteiger partial charge in [-0.15, -0.1) is 23.2 Å². The van der Waals surface area contributed by atoms with Gasteiger partial charge in [0.05, 0.1) is 0 Å².